The molecular weight excluding hydrogens is 699 g/mol. The Morgan fingerprint density at radius 2 is 1.57 bits per heavy atom. The van der Waals surface area contributed by atoms with Crippen LogP contribution in [-0.2, 0) is 45.5 Å². The molecule has 10 nitrogen and oxygen atoms in total. The summed E-state index contributed by atoms with van der Waals surface area (Å²) in [7, 11) is -4.23. The molecule has 0 radical (unpaired) electrons. The monoisotopic (exact) mass is 743 g/mol. The summed E-state index contributed by atoms with van der Waals surface area (Å²) >= 11 is 0. The Bertz CT molecular complexity index is 2370. The highest BCUT2D eigenvalue weighted by Crippen LogP contribution is 2.31. The number of hydrogen-bond donors (Lipinski definition) is 1. The molecule has 54 heavy (non-hydrogen) atoms. The van der Waals surface area contributed by atoms with Crippen LogP contribution < -0.4 is 9.46 Å². The molecule has 0 aliphatic carbocycles. The summed E-state index contributed by atoms with van der Waals surface area (Å²) in [6.07, 6.45) is 1.03. The standard InChI is InChI=1S/C43H45N5O5S/c1-4-40-45-42-30(2)26-31(3)44-43(42)48(40)29-32-14-17-34(18-15-32)37-27-33(28-47-22-24-52-25-23-47)16-20-39(37)54(50,51)46-41(49)21-19-35-10-8-9-13-38(35)53-36-11-6-5-7-12-36/h5-18,20,26-27H,4,19,21-25,28-29H2,1-3H3,(H,46,49). The second-order valence-corrected chi connectivity index (χ2v) is 15.3. The highest BCUT2D eigenvalue weighted by atomic mass is 32.2. The van der Waals surface area contributed by atoms with E-state index in [1.54, 1.807) is 6.07 Å². The smallest absolute Gasteiger partial charge is 0.264 e. The maximum absolute atomic E-state index is 14.0. The summed E-state index contributed by atoms with van der Waals surface area (Å²) in [5.41, 5.74) is 7.90. The van der Waals surface area contributed by atoms with Crippen molar-refractivity contribution in [2.24, 2.45) is 0 Å². The van der Waals surface area contributed by atoms with Crippen molar-refractivity contribution in [1.82, 2.24) is 24.2 Å². The van der Waals surface area contributed by atoms with E-state index in [0.29, 0.717) is 49.8 Å². The number of carbonyl (C=O) groups is 1. The maximum atomic E-state index is 14.0. The summed E-state index contributed by atoms with van der Waals surface area (Å²) in [5, 5.41) is 0. The Hall–Kier alpha value is -5.36. The van der Waals surface area contributed by atoms with E-state index in [1.165, 1.54) is 0 Å². The molecule has 0 spiro atoms. The molecule has 6 aromatic rings. The number of carbonyl (C=O) groups excluding carboxylic acids is 1. The number of amides is 1. The van der Waals surface area contributed by atoms with Crippen molar-refractivity contribution in [3.8, 4) is 22.6 Å². The molecule has 1 fully saturated rings. The summed E-state index contributed by atoms with van der Waals surface area (Å²) in [4.78, 5) is 25.3. The first-order valence-corrected chi connectivity index (χ1v) is 19.9. The molecule has 11 heteroatoms. The van der Waals surface area contributed by atoms with Crippen LogP contribution in [0.3, 0.4) is 0 Å². The fraction of sp³-hybridized carbons (Fsp3) is 0.279. The van der Waals surface area contributed by atoms with Crippen LogP contribution in [-0.4, -0.2) is 60.1 Å². The lowest BCUT2D eigenvalue weighted by molar-refractivity contribution is -0.119. The van der Waals surface area contributed by atoms with Crippen LogP contribution in [0.1, 0.15) is 47.1 Å². The van der Waals surface area contributed by atoms with Crippen LogP contribution in [0.2, 0.25) is 0 Å². The number of rotatable bonds is 13. The fourth-order valence-corrected chi connectivity index (χ4v) is 8.16. The number of aromatic nitrogens is 3. The van der Waals surface area contributed by atoms with Gasteiger partial charge < -0.3 is 14.0 Å². The molecule has 1 aliphatic heterocycles. The predicted molar refractivity (Wildman–Crippen MR) is 210 cm³/mol. The highest BCUT2D eigenvalue weighted by Gasteiger charge is 2.24. The molecule has 1 amide bonds. The second kappa shape index (κ2) is 16.3. The maximum Gasteiger partial charge on any atom is 0.264 e. The molecule has 278 valence electrons. The number of pyridine rings is 1. The van der Waals surface area contributed by atoms with Crippen molar-refractivity contribution < 1.29 is 22.7 Å². The Kier molecular flexibility index (Phi) is 11.2. The van der Waals surface area contributed by atoms with Crippen LogP contribution in [0.15, 0.2) is 108 Å². The van der Waals surface area contributed by atoms with Gasteiger partial charge in [0.05, 0.1) is 24.7 Å². The van der Waals surface area contributed by atoms with E-state index in [-0.39, 0.29) is 11.3 Å². The summed E-state index contributed by atoms with van der Waals surface area (Å²) in [6.45, 7) is 10.3. The number of aryl methyl sites for hydroxylation is 4. The van der Waals surface area contributed by atoms with Crippen LogP contribution in [0.25, 0.3) is 22.3 Å². The molecule has 1 N–H and O–H groups in total. The molecule has 2 aromatic heterocycles. The molecule has 4 aromatic carbocycles. The van der Waals surface area contributed by atoms with Crippen LogP contribution >= 0.6 is 0 Å². The van der Waals surface area contributed by atoms with Gasteiger partial charge in [0, 0.05) is 43.7 Å². The molecule has 0 atom stereocenters. The van der Waals surface area contributed by atoms with Gasteiger partial charge in [-0.1, -0.05) is 73.7 Å². The lowest BCUT2D eigenvalue weighted by atomic mass is 10.0. The van der Waals surface area contributed by atoms with Gasteiger partial charge >= 0.3 is 0 Å². The predicted octanol–water partition coefficient (Wildman–Crippen LogP) is 7.39. The minimum atomic E-state index is -4.23. The zero-order chi connectivity index (χ0) is 37.7. The van der Waals surface area contributed by atoms with Gasteiger partial charge in [-0.15, -0.1) is 0 Å². The van der Waals surface area contributed by atoms with Gasteiger partial charge in [0.15, 0.2) is 5.65 Å². The number of ether oxygens (including phenoxy) is 2. The van der Waals surface area contributed by atoms with Gasteiger partial charge in [0.1, 0.15) is 22.8 Å². The molecule has 1 aliphatic rings. The second-order valence-electron chi connectivity index (χ2n) is 13.7. The van der Waals surface area contributed by atoms with Crippen LogP contribution in [0, 0.1) is 13.8 Å². The number of hydrogen-bond acceptors (Lipinski definition) is 8. The quantitative estimate of drug-likeness (QED) is 0.130. The van der Waals surface area contributed by atoms with Crippen molar-refractivity contribution in [3.63, 3.8) is 0 Å². The molecular formula is C43H45N5O5S. The van der Waals surface area contributed by atoms with Crippen molar-refractivity contribution in [3.05, 3.63) is 137 Å². The van der Waals surface area contributed by atoms with E-state index in [2.05, 4.69) is 34.1 Å². The molecule has 0 bridgehead atoms. The third kappa shape index (κ3) is 8.54. The lowest BCUT2D eigenvalue weighted by Crippen LogP contribution is -2.35. The van der Waals surface area contributed by atoms with E-state index in [1.807, 2.05) is 97.9 Å². The highest BCUT2D eigenvalue weighted by molar-refractivity contribution is 7.90. The zero-order valence-electron chi connectivity index (χ0n) is 30.9. The van der Waals surface area contributed by atoms with Crippen molar-refractivity contribution in [2.45, 2.75) is 58.0 Å². The summed E-state index contributed by atoms with van der Waals surface area (Å²) < 4.78 is 44.1. The Labute approximate surface area is 316 Å². The minimum Gasteiger partial charge on any atom is -0.457 e. The van der Waals surface area contributed by atoms with E-state index in [4.69, 9.17) is 19.4 Å². The van der Waals surface area contributed by atoms with E-state index in [0.717, 1.165) is 70.0 Å². The number of nitrogens with zero attached hydrogens (tertiary/aromatic N) is 4. The van der Waals surface area contributed by atoms with Gasteiger partial charge in [-0.05, 0) is 84.5 Å². The molecule has 0 saturated carbocycles. The summed E-state index contributed by atoms with van der Waals surface area (Å²) in [5.74, 6) is 1.66. The van der Waals surface area contributed by atoms with Gasteiger partial charge in [-0.2, -0.15) is 0 Å². The first kappa shape index (κ1) is 37.0. The van der Waals surface area contributed by atoms with E-state index >= 15 is 0 Å². The Morgan fingerprint density at radius 1 is 0.852 bits per heavy atom. The molecule has 3 heterocycles. The average Bonchev–Trinajstić information content (AvgIpc) is 3.52. The van der Waals surface area contributed by atoms with Gasteiger partial charge in [-0.3, -0.25) is 9.69 Å². The van der Waals surface area contributed by atoms with Crippen LogP contribution in [0.5, 0.6) is 11.5 Å². The first-order valence-electron chi connectivity index (χ1n) is 18.4. The minimum absolute atomic E-state index is 0.0376. The van der Waals surface area contributed by atoms with Crippen molar-refractivity contribution in [1.29, 1.82) is 0 Å². The van der Waals surface area contributed by atoms with Crippen LogP contribution in [0.4, 0.5) is 0 Å². The van der Waals surface area contributed by atoms with Gasteiger partial charge in [0.25, 0.3) is 10.0 Å². The lowest BCUT2D eigenvalue weighted by Gasteiger charge is -2.27. The number of imidazole rings is 1. The number of fused-ring (bicyclic) bond motifs is 1. The van der Waals surface area contributed by atoms with Crippen molar-refractivity contribution in [2.75, 3.05) is 26.3 Å². The Morgan fingerprint density at radius 3 is 2.33 bits per heavy atom. The number of benzene rings is 4. The molecule has 1 saturated heterocycles. The fourth-order valence-electron chi connectivity index (χ4n) is 6.94. The molecule has 0 unspecified atom stereocenters. The van der Waals surface area contributed by atoms with Crippen molar-refractivity contribution >= 4 is 27.1 Å². The van der Waals surface area contributed by atoms with Gasteiger partial charge in [0.2, 0.25) is 5.91 Å². The zero-order valence-corrected chi connectivity index (χ0v) is 31.7. The summed E-state index contributed by atoms with van der Waals surface area (Å²) in [6, 6.07) is 32.2. The van der Waals surface area contributed by atoms with E-state index < -0.39 is 15.9 Å². The average molecular weight is 744 g/mol. The number of para-hydroxylation sites is 2. The Balaban J connectivity index is 1.13. The first-order chi connectivity index (χ1) is 26.2. The SMILES string of the molecule is CCc1nc2c(C)cc(C)nc2n1Cc1ccc(-c2cc(CN3CCOCC3)ccc2S(=O)(=O)NC(=O)CCc2ccccc2Oc2ccccc2)cc1. The van der Waals surface area contributed by atoms with E-state index in [9.17, 15) is 13.2 Å². The number of morpholine rings is 1. The largest absolute Gasteiger partial charge is 0.457 e. The third-order valence-corrected chi connectivity index (χ3v) is 11.1. The normalized spacial score (nSPS) is 13.6. The topological polar surface area (TPSA) is 116 Å². The third-order valence-electron chi connectivity index (χ3n) is 9.68. The van der Waals surface area contributed by atoms with Gasteiger partial charge in [-0.25, -0.2) is 23.1 Å². The molecule has 7 rings (SSSR count). The number of nitrogens with one attached hydrogen (secondary N) is 1. The number of sulfonamides is 1.